The summed E-state index contributed by atoms with van der Waals surface area (Å²) in [6.45, 7) is 6.67. The van der Waals surface area contributed by atoms with Crippen LogP contribution >= 0.6 is 0 Å². The number of nitrogens with one attached hydrogen (secondary N) is 2. The van der Waals surface area contributed by atoms with E-state index in [4.69, 9.17) is 0 Å². The second kappa shape index (κ2) is 14.7. The maximum atomic E-state index is 13.6. The lowest BCUT2D eigenvalue weighted by Crippen LogP contribution is -2.43. The topological polar surface area (TPSA) is 144 Å². The van der Waals surface area contributed by atoms with Crippen LogP contribution < -0.4 is 10.6 Å². The number of piperidine rings is 1. The second-order valence-electron chi connectivity index (χ2n) is 11.7. The number of aromatic nitrogens is 5. The molecule has 3 aromatic heterocycles. The summed E-state index contributed by atoms with van der Waals surface area (Å²) in [6, 6.07) is 15.0. The fourth-order valence-corrected chi connectivity index (χ4v) is 5.95. The standard InChI is InChI=1S/C29H33FN8O2S.C3H6O2S/c1-41(39,40)14-10-31-25-8-11-36(12-9-25)19-22-7-13-37-28(22)29(32-20-34-37)35-26-5-6-27-23(16-26)17-33-38(27)18-21-3-2-4-24(30)15-21;1-3-6(2,4)5/h2-7,13,15-17,20,25,31H,8-12,14,18-19H2,1H3,(H,32,34,35);3H,1H2,2H3. The third-order valence-electron chi connectivity index (χ3n) is 7.85. The Morgan fingerprint density at radius 2 is 1.79 bits per heavy atom. The molecule has 0 amide bonds. The fourth-order valence-electron chi connectivity index (χ4n) is 5.46. The predicted octanol–water partition coefficient (Wildman–Crippen LogP) is 3.78. The highest BCUT2D eigenvalue weighted by Gasteiger charge is 2.21. The van der Waals surface area contributed by atoms with E-state index in [9.17, 15) is 21.2 Å². The van der Waals surface area contributed by atoms with Crippen molar-refractivity contribution in [1.82, 2.24) is 34.6 Å². The maximum absolute atomic E-state index is 13.6. The van der Waals surface area contributed by atoms with E-state index in [0.717, 1.165) is 83.2 Å². The number of hydrogen-bond donors (Lipinski definition) is 2. The molecule has 250 valence electrons. The van der Waals surface area contributed by atoms with Gasteiger partial charge in [0.05, 0.1) is 24.0 Å². The highest BCUT2D eigenvalue weighted by Crippen LogP contribution is 2.27. The van der Waals surface area contributed by atoms with Gasteiger partial charge in [0.25, 0.3) is 0 Å². The lowest BCUT2D eigenvalue weighted by molar-refractivity contribution is 0.192. The van der Waals surface area contributed by atoms with Gasteiger partial charge >= 0.3 is 0 Å². The zero-order chi connectivity index (χ0) is 33.6. The summed E-state index contributed by atoms with van der Waals surface area (Å²) >= 11 is 0. The Morgan fingerprint density at radius 1 is 1.02 bits per heavy atom. The first-order valence-corrected chi connectivity index (χ1v) is 19.1. The summed E-state index contributed by atoms with van der Waals surface area (Å²) in [6.07, 6.45) is 9.64. The Bertz CT molecular complexity index is 2060. The van der Waals surface area contributed by atoms with Crippen molar-refractivity contribution < 1.29 is 21.2 Å². The number of sulfone groups is 2. The number of likely N-dealkylation sites (tertiary alicyclic amines) is 1. The average Bonchev–Trinajstić information content (AvgIpc) is 3.61. The molecule has 0 bridgehead atoms. The molecule has 4 heterocycles. The third-order valence-corrected chi connectivity index (χ3v) is 9.40. The Hall–Kier alpha value is -4.18. The molecular formula is C32H39FN8O4S2. The highest BCUT2D eigenvalue weighted by molar-refractivity contribution is 7.93. The van der Waals surface area contributed by atoms with Crippen LogP contribution in [0, 0.1) is 5.82 Å². The molecular weight excluding hydrogens is 644 g/mol. The highest BCUT2D eigenvalue weighted by atomic mass is 32.2. The normalized spacial score (nSPS) is 14.6. The first-order chi connectivity index (χ1) is 22.4. The SMILES string of the molecule is C=CS(C)(=O)=O.CS(=O)(=O)CCNC1CCN(Cc2ccn3ncnc(Nc4ccc5c(cnn5Cc5cccc(F)c5)c4)c23)CC1. The van der Waals surface area contributed by atoms with E-state index in [1.54, 1.807) is 12.4 Å². The van der Waals surface area contributed by atoms with Gasteiger partial charge < -0.3 is 10.6 Å². The molecule has 6 rings (SSSR count). The minimum Gasteiger partial charge on any atom is -0.338 e. The number of rotatable bonds is 11. The molecule has 5 aromatic rings. The summed E-state index contributed by atoms with van der Waals surface area (Å²) in [5, 5.41) is 17.7. The molecule has 0 saturated carbocycles. The van der Waals surface area contributed by atoms with Gasteiger partial charge in [0, 0.05) is 54.3 Å². The Morgan fingerprint density at radius 3 is 2.49 bits per heavy atom. The zero-order valence-electron chi connectivity index (χ0n) is 26.4. The number of fused-ring (bicyclic) bond motifs is 2. The van der Waals surface area contributed by atoms with Crippen LogP contribution in [0.1, 0.15) is 24.0 Å². The predicted molar refractivity (Wildman–Crippen MR) is 183 cm³/mol. The number of hydrogen-bond acceptors (Lipinski definition) is 10. The van der Waals surface area contributed by atoms with Gasteiger partial charge in [-0.15, -0.1) is 0 Å². The summed E-state index contributed by atoms with van der Waals surface area (Å²) in [7, 11) is -5.85. The number of anilines is 2. The Balaban J connectivity index is 0.000000662. The molecule has 1 saturated heterocycles. The largest absolute Gasteiger partial charge is 0.338 e. The first kappa shape index (κ1) is 34.2. The quantitative estimate of drug-likeness (QED) is 0.211. The van der Waals surface area contributed by atoms with Crippen molar-refractivity contribution in [2.75, 3.05) is 43.2 Å². The van der Waals surface area contributed by atoms with Gasteiger partial charge in [0.1, 0.15) is 27.5 Å². The first-order valence-electron chi connectivity index (χ1n) is 15.1. The lowest BCUT2D eigenvalue weighted by Gasteiger charge is -2.32. The van der Waals surface area contributed by atoms with Crippen LogP contribution in [0.4, 0.5) is 15.9 Å². The van der Waals surface area contributed by atoms with E-state index >= 15 is 0 Å². The van der Waals surface area contributed by atoms with Gasteiger partial charge in [0.15, 0.2) is 15.7 Å². The molecule has 12 nitrogen and oxygen atoms in total. The zero-order valence-corrected chi connectivity index (χ0v) is 28.0. The van der Waals surface area contributed by atoms with Crippen LogP contribution in [0.3, 0.4) is 0 Å². The summed E-state index contributed by atoms with van der Waals surface area (Å²) in [4.78, 5) is 6.98. The van der Waals surface area contributed by atoms with E-state index in [0.29, 0.717) is 19.1 Å². The van der Waals surface area contributed by atoms with Crippen molar-refractivity contribution in [3.05, 3.63) is 96.2 Å². The molecule has 1 aliphatic rings. The van der Waals surface area contributed by atoms with Crippen LogP contribution in [0.2, 0.25) is 0 Å². The minimum atomic E-state index is -2.95. The van der Waals surface area contributed by atoms with Gasteiger partial charge in [-0.3, -0.25) is 9.58 Å². The molecule has 1 fully saturated rings. The molecule has 0 unspecified atom stereocenters. The van der Waals surface area contributed by atoms with Gasteiger partial charge in [-0.05, 0) is 73.5 Å². The van der Waals surface area contributed by atoms with Crippen molar-refractivity contribution >= 4 is 47.6 Å². The molecule has 0 spiro atoms. The summed E-state index contributed by atoms with van der Waals surface area (Å²) in [5.41, 5.74) is 4.78. The fraction of sp³-hybridized carbons (Fsp3) is 0.344. The average molecular weight is 683 g/mol. The van der Waals surface area contributed by atoms with Gasteiger partial charge in [-0.25, -0.2) is 30.7 Å². The van der Waals surface area contributed by atoms with E-state index in [-0.39, 0.29) is 11.6 Å². The molecule has 1 aliphatic heterocycles. The van der Waals surface area contributed by atoms with E-state index in [1.807, 2.05) is 45.9 Å². The molecule has 0 atom stereocenters. The van der Waals surface area contributed by atoms with E-state index in [2.05, 4.69) is 43.4 Å². The van der Waals surface area contributed by atoms with Crippen molar-refractivity contribution in [2.24, 2.45) is 0 Å². The Kier molecular flexibility index (Phi) is 10.7. The van der Waals surface area contributed by atoms with Gasteiger partial charge in [-0.2, -0.15) is 10.2 Å². The molecule has 47 heavy (non-hydrogen) atoms. The smallest absolute Gasteiger partial charge is 0.168 e. The van der Waals surface area contributed by atoms with Crippen LogP contribution in [-0.4, -0.2) is 90.1 Å². The molecule has 2 aromatic carbocycles. The van der Waals surface area contributed by atoms with Crippen molar-refractivity contribution in [1.29, 1.82) is 0 Å². The van der Waals surface area contributed by atoms with Gasteiger partial charge in [-0.1, -0.05) is 18.7 Å². The number of halogens is 1. The maximum Gasteiger partial charge on any atom is 0.168 e. The molecule has 0 radical (unpaired) electrons. The van der Waals surface area contributed by atoms with Crippen molar-refractivity contribution in [2.45, 2.75) is 32.0 Å². The van der Waals surface area contributed by atoms with Crippen LogP contribution in [0.15, 0.2) is 79.2 Å². The van der Waals surface area contributed by atoms with Crippen molar-refractivity contribution in [3.8, 4) is 0 Å². The van der Waals surface area contributed by atoms with E-state index < -0.39 is 19.7 Å². The molecule has 15 heteroatoms. The van der Waals surface area contributed by atoms with Crippen LogP contribution in [0.5, 0.6) is 0 Å². The van der Waals surface area contributed by atoms with E-state index in [1.165, 1.54) is 18.4 Å². The number of nitrogens with zero attached hydrogens (tertiary/aromatic N) is 6. The second-order valence-corrected chi connectivity index (χ2v) is 16.0. The Labute approximate surface area is 274 Å². The number of benzene rings is 2. The lowest BCUT2D eigenvalue weighted by atomic mass is 10.0. The monoisotopic (exact) mass is 682 g/mol. The third kappa shape index (κ3) is 9.67. The van der Waals surface area contributed by atoms with Crippen LogP contribution in [0.25, 0.3) is 16.4 Å². The summed E-state index contributed by atoms with van der Waals surface area (Å²) < 4.78 is 59.9. The summed E-state index contributed by atoms with van der Waals surface area (Å²) in [5.74, 6) is 0.641. The minimum absolute atomic E-state index is 0.171. The molecule has 0 aliphatic carbocycles. The van der Waals surface area contributed by atoms with Crippen molar-refractivity contribution in [3.63, 3.8) is 0 Å². The van der Waals surface area contributed by atoms with Gasteiger partial charge in [0.2, 0.25) is 0 Å². The molecule has 2 N–H and O–H groups in total. The van der Waals surface area contributed by atoms with Crippen LogP contribution in [-0.2, 0) is 32.8 Å².